The number of carbonyl (C=O) groups is 1. The molecule has 6 nitrogen and oxygen atoms in total. The van der Waals surface area contributed by atoms with E-state index in [2.05, 4.69) is 4.40 Å². The zero-order valence-electron chi connectivity index (χ0n) is 16.6. The first-order valence-electron chi connectivity index (χ1n) is 10.2. The summed E-state index contributed by atoms with van der Waals surface area (Å²) in [5.41, 5.74) is 2.66. The second-order valence-corrected chi connectivity index (χ2v) is 10.1. The van der Waals surface area contributed by atoms with E-state index in [9.17, 15) is 13.2 Å². The highest BCUT2D eigenvalue weighted by molar-refractivity contribution is 7.90. The molecule has 0 saturated carbocycles. The lowest BCUT2D eigenvalue weighted by Gasteiger charge is -2.30. The maximum atomic E-state index is 13.5. The van der Waals surface area contributed by atoms with Crippen LogP contribution >= 0.6 is 11.6 Å². The molecule has 2 aromatic carbocycles. The second-order valence-electron chi connectivity index (χ2n) is 8.10. The largest absolute Gasteiger partial charge is 0.328 e. The smallest absolute Gasteiger partial charge is 0.286 e. The standard InChI is InChI=1S/C22H22ClN3O3S/c1-14-11-15-7-4-5-8-18(15)26(14)22(27)16-12-20-19(13-17(16)23)25-10-6-2-3-9-21(25)24-30(20,28)29/h4-5,7-8,12-14H,2-3,6,9-11H2,1H3/t14-/m0/s1. The van der Waals surface area contributed by atoms with E-state index in [1.807, 2.05) is 36.1 Å². The van der Waals surface area contributed by atoms with Crippen LogP contribution in [0, 0.1) is 0 Å². The van der Waals surface area contributed by atoms with Crippen LogP contribution < -0.4 is 9.80 Å². The van der Waals surface area contributed by atoms with Gasteiger partial charge in [-0.05, 0) is 49.9 Å². The van der Waals surface area contributed by atoms with Crippen LogP contribution in [0.3, 0.4) is 0 Å². The number of fused-ring (bicyclic) bond motifs is 4. The Balaban J connectivity index is 1.61. The Morgan fingerprint density at radius 2 is 1.93 bits per heavy atom. The third kappa shape index (κ3) is 3.03. The van der Waals surface area contributed by atoms with Crippen molar-refractivity contribution in [2.45, 2.75) is 50.0 Å². The molecule has 1 fully saturated rings. The van der Waals surface area contributed by atoms with Crippen LogP contribution in [0.15, 0.2) is 45.7 Å². The van der Waals surface area contributed by atoms with Crippen molar-refractivity contribution in [3.05, 3.63) is 52.5 Å². The molecule has 3 heterocycles. The number of hydrogen-bond acceptors (Lipinski definition) is 4. The fraction of sp³-hybridized carbons (Fsp3) is 0.364. The number of carbonyl (C=O) groups excluding carboxylic acids is 1. The monoisotopic (exact) mass is 443 g/mol. The van der Waals surface area contributed by atoms with Gasteiger partial charge in [0.05, 0.1) is 16.3 Å². The van der Waals surface area contributed by atoms with E-state index >= 15 is 0 Å². The molecule has 3 aliphatic rings. The normalized spacial score (nSPS) is 21.9. The van der Waals surface area contributed by atoms with Crippen molar-refractivity contribution in [1.82, 2.24) is 0 Å². The van der Waals surface area contributed by atoms with E-state index in [1.54, 1.807) is 11.0 Å². The van der Waals surface area contributed by atoms with Crippen molar-refractivity contribution in [1.29, 1.82) is 0 Å². The van der Waals surface area contributed by atoms with Gasteiger partial charge in [0.2, 0.25) is 0 Å². The van der Waals surface area contributed by atoms with Crippen LogP contribution in [-0.2, 0) is 16.4 Å². The first kappa shape index (κ1) is 19.6. The first-order chi connectivity index (χ1) is 14.4. The molecule has 30 heavy (non-hydrogen) atoms. The van der Waals surface area contributed by atoms with Crippen molar-refractivity contribution in [2.24, 2.45) is 4.40 Å². The lowest BCUT2D eigenvalue weighted by atomic mass is 10.1. The fourth-order valence-corrected chi connectivity index (χ4v) is 6.17. The SMILES string of the molecule is C[C@H]1Cc2ccccc2N1C(=O)c1cc2c(cc1Cl)N1CCCCCC1=NS2(=O)=O. The Hall–Kier alpha value is -2.38. The maximum absolute atomic E-state index is 13.5. The van der Waals surface area contributed by atoms with Gasteiger partial charge in [-0.15, -0.1) is 4.40 Å². The predicted octanol–water partition coefficient (Wildman–Crippen LogP) is 4.41. The summed E-state index contributed by atoms with van der Waals surface area (Å²) in [5.74, 6) is 0.276. The molecule has 0 unspecified atom stereocenters. The third-order valence-corrected chi connectivity index (χ3v) is 7.74. The highest BCUT2D eigenvalue weighted by atomic mass is 35.5. The molecule has 0 radical (unpaired) electrons. The lowest BCUT2D eigenvalue weighted by molar-refractivity contribution is 0.0981. The number of sulfonamides is 1. The van der Waals surface area contributed by atoms with Gasteiger partial charge in [-0.3, -0.25) is 4.79 Å². The summed E-state index contributed by atoms with van der Waals surface area (Å²) >= 11 is 6.57. The van der Waals surface area contributed by atoms with E-state index in [-0.39, 0.29) is 27.4 Å². The van der Waals surface area contributed by atoms with E-state index in [0.29, 0.717) is 24.5 Å². The molecular weight excluding hydrogens is 422 g/mol. The van der Waals surface area contributed by atoms with Crippen LogP contribution in [0.2, 0.25) is 5.02 Å². The number of amides is 1. The van der Waals surface area contributed by atoms with Gasteiger partial charge in [0.25, 0.3) is 15.9 Å². The maximum Gasteiger partial charge on any atom is 0.286 e. The number of hydrogen-bond donors (Lipinski definition) is 0. The van der Waals surface area contributed by atoms with Gasteiger partial charge in [0, 0.05) is 24.7 Å². The summed E-state index contributed by atoms with van der Waals surface area (Å²) in [5, 5.41) is 0.260. The fourth-order valence-electron chi connectivity index (χ4n) is 4.67. The Morgan fingerprint density at radius 3 is 2.77 bits per heavy atom. The molecule has 1 amide bonds. The topological polar surface area (TPSA) is 70.1 Å². The number of halogens is 1. The van der Waals surface area contributed by atoms with Gasteiger partial charge in [-0.2, -0.15) is 8.42 Å². The zero-order chi connectivity index (χ0) is 21.0. The lowest BCUT2D eigenvalue weighted by Crippen LogP contribution is -2.37. The van der Waals surface area contributed by atoms with Gasteiger partial charge in [-0.1, -0.05) is 36.2 Å². The Morgan fingerprint density at radius 1 is 1.13 bits per heavy atom. The number of para-hydroxylation sites is 1. The molecule has 1 saturated heterocycles. The molecule has 5 rings (SSSR count). The summed E-state index contributed by atoms with van der Waals surface area (Å²) < 4.78 is 29.9. The van der Waals surface area contributed by atoms with Gasteiger partial charge in [-0.25, -0.2) is 0 Å². The molecular formula is C22H22ClN3O3S. The molecule has 8 heteroatoms. The number of rotatable bonds is 1. The van der Waals surface area contributed by atoms with Crippen molar-refractivity contribution in [3.8, 4) is 0 Å². The third-order valence-electron chi connectivity index (χ3n) is 6.09. The number of amidine groups is 1. The summed E-state index contributed by atoms with van der Waals surface area (Å²) in [4.78, 5) is 17.2. The van der Waals surface area contributed by atoms with Crippen molar-refractivity contribution in [3.63, 3.8) is 0 Å². The van der Waals surface area contributed by atoms with Crippen LogP contribution in [0.1, 0.15) is 48.5 Å². The molecule has 156 valence electrons. The molecule has 0 N–H and O–H groups in total. The minimum atomic E-state index is -3.88. The van der Waals surface area contributed by atoms with Gasteiger partial charge in [0.15, 0.2) is 0 Å². The first-order valence-corrected chi connectivity index (χ1v) is 12.0. The molecule has 2 aromatic rings. The number of benzene rings is 2. The van der Waals surface area contributed by atoms with E-state index in [1.165, 1.54) is 6.07 Å². The highest BCUT2D eigenvalue weighted by Crippen LogP contribution is 2.40. The minimum absolute atomic E-state index is 0.0335. The molecule has 3 aliphatic heterocycles. The Kier molecular flexibility index (Phi) is 4.63. The molecule has 0 aliphatic carbocycles. The van der Waals surface area contributed by atoms with Gasteiger partial charge < -0.3 is 9.80 Å². The van der Waals surface area contributed by atoms with Crippen LogP contribution in [0.5, 0.6) is 0 Å². The zero-order valence-corrected chi connectivity index (χ0v) is 18.2. The average Bonchev–Trinajstić information content (AvgIpc) is 2.86. The molecule has 0 spiro atoms. The van der Waals surface area contributed by atoms with Crippen molar-refractivity contribution < 1.29 is 13.2 Å². The molecule has 0 bridgehead atoms. The minimum Gasteiger partial charge on any atom is -0.328 e. The van der Waals surface area contributed by atoms with Crippen LogP contribution in [-0.4, -0.2) is 32.7 Å². The highest BCUT2D eigenvalue weighted by Gasteiger charge is 2.36. The summed E-state index contributed by atoms with van der Waals surface area (Å²) in [6, 6.07) is 10.8. The van der Waals surface area contributed by atoms with Crippen molar-refractivity contribution in [2.75, 3.05) is 16.3 Å². The summed E-state index contributed by atoms with van der Waals surface area (Å²) in [6.45, 7) is 2.68. The Labute approximate surface area is 181 Å². The van der Waals surface area contributed by atoms with E-state index < -0.39 is 10.0 Å². The van der Waals surface area contributed by atoms with Crippen LogP contribution in [0.25, 0.3) is 0 Å². The quantitative estimate of drug-likeness (QED) is 0.654. The van der Waals surface area contributed by atoms with E-state index in [4.69, 9.17) is 11.6 Å². The second kappa shape index (κ2) is 7.10. The molecule has 0 aromatic heterocycles. The van der Waals surface area contributed by atoms with Gasteiger partial charge >= 0.3 is 0 Å². The average molecular weight is 444 g/mol. The number of nitrogens with zero attached hydrogens (tertiary/aromatic N) is 3. The summed E-state index contributed by atoms with van der Waals surface area (Å²) in [7, 11) is -3.88. The van der Waals surface area contributed by atoms with E-state index in [0.717, 1.165) is 36.9 Å². The Bertz CT molecular complexity index is 1190. The number of anilines is 2. The van der Waals surface area contributed by atoms with Crippen LogP contribution in [0.4, 0.5) is 11.4 Å². The summed E-state index contributed by atoms with van der Waals surface area (Å²) in [6.07, 6.45) is 4.28. The van der Waals surface area contributed by atoms with Gasteiger partial charge in [0.1, 0.15) is 10.7 Å². The molecule has 1 atom stereocenters. The van der Waals surface area contributed by atoms with Crippen molar-refractivity contribution >= 4 is 44.7 Å². The predicted molar refractivity (Wildman–Crippen MR) is 118 cm³/mol.